The van der Waals surface area contributed by atoms with Crippen LogP contribution in [0.5, 0.6) is 11.6 Å². The molecule has 0 fully saturated rings. The maximum Gasteiger partial charge on any atom is 0.223 e. The predicted molar refractivity (Wildman–Crippen MR) is 79.5 cm³/mol. The maximum absolute atomic E-state index is 10.1. The molecule has 0 spiro atoms. The Morgan fingerprint density at radius 1 is 1.20 bits per heavy atom. The zero-order valence-electron chi connectivity index (χ0n) is 11.8. The topological polar surface area (TPSA) is 56.6 Å². The lowest BCUT2D eigenvalue weighted by Crippen LogP contribution is -2.13. The number of unbranched alkanes of at least 4 members (excludes halogenated alkanes) is 1. The molecule has 2 rings (SSSR count). The Hall–Kier alpha value is -2.23. The molecule has 1 aromatic carbocycles. The lowest BCUT2D eigenvalue weighted by atomic mass is 10.1. The Kier molecular flexibility index (Phi) is 4.45. The first-order valence-corrected chi connectivity index (χ1v) is 6.76. The normalized spacial score (nSPS) is 10.5. The molecule has 0 aliphatic rings. The molecule has 4 heteroatoms. The lowest BCUT2D eigenvalue weighted by Gasteiger charge is -2.23. The first-order valence-electron chi connectivity index (χ1n) is 6.76. The van der Waals surface area contributed by atoms with E-state index in [0.29, 0.717) is 17.8 Å². The van der Waals surface area contributed by atoms with Crippen molar-refractivity contribution in [1.29, 1.82) is 0 Å². The fraction of sp³-hybridized carbons (Fsp3) is 0.312. The van der Waals surface area contributed by atoms with Crippen molar-refractivity contribution < 1.29 is 10.2 Å². The van der Waals surface area contributed by atoms with Crippen LogP contribution in [0.15, 0.2) is 30.3 Å². The van der Waals surface area contributed by atoms with Crippen LogP contribution >= 0.6 is 0 Å². The summed E-state index contributed by atoms with van der Waals surface area (Å²) in [5.74, 6) is -0.339. The highest BCUT2D eigenvalue weighted by Gasteiger charge is 2.17. The van der Waals surface area contributed by atoms with Crippen molar-refractivity contribution >= 4 is 11.4 Å². The van der Waals surface area contributed by atoms with Gasteiger partial charge in [-0.05, 0) is 25.0 Å². The Balaban J connectivity index is 2.43. The fourth-order valence-corrected chi connectivity index (χ4v) is 2.16. The minimum Gasteiger partial charge on any atom is -0.505 e. The van der Waals surface area contributed by atoms with Gasteiger partial charge >= 0.3 is 0 Å². The van der Waals surface area contributed by atoms with E-state index in [4.69, 9.17) is 0 Å². The average molecular weight is 271 g/mol. The molecule has 2 N–H and O–H groups in total. The van der Waals surface area contributed by atoms with E-state index in [1.807, 2.05) is 42.3 Å². The minimum absolute atomic E-state index is 0.0741. The van der Waals surface area contributed by atoms with Gasteiger partial charge in [0.05, 0.1) is 11.8 Å². The number of para-hydroxylation sites is 1. The van der Waals surface area contributed by atoms with Crippen molar-refractivity contribution in [2.24, 2.45) is 0 Å². The minimum atomic E-state index is -0.265. The van der Waals surface area contributed by atoms with Crippen LogP contribution in [0, 0.1) is 6.07 Å². The van der Waals surface area contributed by atoms with Gasteiger partial charge in [-0.3, -0.25) is 0 Å². The van der Waals surface area contributed by atoms with E-state index >= 15 is 0 Å². The van der Waals surface area contributed by atoms with Gasteiger partial charge in [0.2, 0.25) is 5.88 Å². The van der Waals surface area contributed by atoms with Crippen molar-refractivity contribution in [3.8, 4) is 11.6 Å². The van der Waals surface area contributed by atoms with E-state index in [1.165, 1.54) is 0 Å². The van der Waals surface area contributed by atoms with Crippen molar-refractivity contribution in [2.45, 2.75) is 26.2 Å². The molecule has 105 valence electrons. The monoisotopic (exact) mass is 271 g/mol. The number of hydrogen-bond donors (Lipinski definition) is 2. The molecule has 0 bridgehead atoms. The largest absolute Gasteiger partial charge is 0.505 e. The Bertz CT molecular complexity index is 570. The van der Waals surface area contributed by atoms with E-state index < -0.39 is 0 Å². The highest BCUT2D eigenvalue weighted by atomic mass is 16.3. The van der Waals surface area contributed by atoms with E-state index in [0.717, 1.165) is 18.5 Å². The maximum atomic E-state index is 10.1. The molecular weight excluding hydrogens is 252 g/mol. The molecule has 0 amide bonds. The quantitative estimate of drug-likeness (QED) is 0.875. The Morgan fingerprint density at radius 3 is 2.55 bits per heavy atom. The van der Waals surface area contributed by atoms with Crippen LogP contribution in [-0.2, 0) is 6.42 Å². The van der Waals surface area contributed by atoms with Crippen LogP contribution in [0.25, 0.3) is 0 Å². The molecule has 20 heavy (non-hydrogen) atoms. The molecule has 2 aromatic rings. The molecule has 1 aromatic heterocycles. The number of benzene rings is 1. The SMILES string of the molecule is CCCCc1nc(O)[c]c(O)c1N(C)c1ccccc1. The van der Waals surface area contributed by atoms with Gasteiger partial charge in [-0.25, -0.2) is 4.98 Å². The predicted octanol–water partition coefficient (Wildman–Crippen LogP) is 3.40. The Morgan fingerprint density at radius 2 is 1.90 bits per heavy atom. The number of nitrogens with zero attached hydrogens (tertiary/aromatic N) is 2. The molecule has 0 saturated heterocycles. The summed E-state index contributed by atoms with van der Waals surface area (Å²) in [4.78, 5) is 5.98. The van der Waals surface area contributed by atoms with Crippen LogP contribution in [0.4, 0.5) is 11.4 Å². The molecular formula is C16H19N2O2. The fourth-order valence-electron chi connectivity index (χ4n) is 2.16. The Labute approximate surface area is 119 Å². The van der Waals surface area contributed by atoms with Crippen molar-refractivity contribution in [3.05, 3.63) is 42.1 Å². The summed E-state index contributed by atoms with van der Waals surface area (Å²) in [5.41, 5.74) is 2.23. The number of anilines is 2. The summed E-state index contributed by atoms with van der Waals surface area (Å²) in [6.45, 7) is 2.09. The standard InChI is InChI=1S/C16H19N2O2/c1-3-4-10-13-16(14(19)11-15(20)17-13)18(2)12-8-6-5-7-9-12/h5-9H,3-4,10H2,1-2H3,(H2,17,19,20). The van der Waals surface area contributed by atoms with Gasteiger partial charge < -0.3 is 15.1 Å². The summed E-state index contributed by atoms with van der Waals surface area (Å²) in [6, 6.07) is 12.2. The molecule has 0 atom stereocenters. The van der Waals surface area contributed by atoms with Gasteiger partial charge in [0.25, 0.3) is 0 Å². The molecule has 4 nitrogen and oxygen atoms in total. The van der Waals surface area contributed by atoms with E-state index in [1.54, 1.807) is 0 Å². The molecule has 0 unspecified atom stereocenters. The van der Waals surface area contributed by atoms with Crippen LogP contribution in [0.2, 0.25) is 0 Å². The highest BCUT2D eigenvalue weighted by Crippen LogP contribution is 2.36. The lowest BCUT2D eigenvalue weighted by molar-refractivity contribution is 0.430. The second-order valence-electron chi connectivity index (χ2n) is 4.70. The van der Waals surface area contributed by atoms with Crippen LogP contribution < -0.4 is 4.90 Å². The van der Waals surface area contributed by atoms with Crippen LogP contribution in [-0.4, -0.2) is 22.2 Å². The number of hydrogen-bond acceptors (Lipinski definition) is 4. The van der Waals surface area contributed by atoms with Gasteiger partial charge in [-0.15, -0.1) is 0 Å². The molecule has 1 radical (unpaired) electrons. The molecule has 0 saturated carbocycles. The van der Waals surface area contributed by atoms with Gasteiger partial charge in [-0.2, -0.15) is 0 Å². The van der Waals surface area contributed by atoms with E-state index in [9.17, 15) is 10.2 Å². The number of aromatic hydroxyl groups is 2. The molecule has 1 heterocycles. The summed E-state index contributed by atoms with van der Waals surface area (Å²) < 4.78 is 0. The van der Waals surface area contributed by atoms with Gasteiger partial charge in [0, 0.05) is 12.7 Å². The van der Waals surface area contributed by atoms with Crippen molar-refractivity contribution in [3.63, 3.8) is 0 Å². The summed E-state index contributed by atoms with van der Waals surface area (Å²) in [7, 11) is 1.87. The molecule has 0 aliphatic heterocycles. The van der Waals surface area contributed by atoms with Crippen molar-refractivity contribution in [2.75, 3.05) is 11.9 Å². The summed E-state index contributed by atoms with van der Waals surface area (Å²) in [5, 5.41) is 19.6. The van der Waals surface area contributed by atoms with Gasteiger partial charge in [-0.1, -0.05) is 31.5 Å². The van der Waals surface area contributed by atoms with Crippen LogP contribution in [0.3, 0.4) is 0 Å². The number of pyridine rings is 1. The first kappa shape index (κ1) is 14.2. The molecule has 0 aliphatic carbocycles. The zero-order valence-corrected chi connectivity index (χ0v) is 11.8. The first-order chi connectivity index (χ1) is 9.63. The number of aryl methyl sites for hydroxylation is 1. The smallest absolute Gasteiger partial charge is 0.223 e. The van der Waals surface area contributed by atoms with E-state index in [2.05, 4.69) is 18.0 Å². The summed E-state index contributed by atoms with van der Waals surface area (Å²) >= 11 is 0. The zero-order chi connectivity index (χ0) is 14.5. The third kappa shape index (κ3) is 3.02. The second kappa shape index (κ2) is 6.28. The van der Waals surface area contributed by atoms with Gasteiger partial charge in [0.15, 0.2) is 5.75 Å². The van der Waals surface area contributed by atoms with Crippen LogP contribution in [0.1, 0.15) is 25.5 Å². The van der Waals surface area contributed by atoms with E-state index in [-0.39, 0.29) is 11.6 Å². The number of aromatic nitrogens is 1. The van der Waals surface area contributed by atoms with Crippen molar-refractivity contribution in [1.82, 2.24) is 4.98 Å². The summed E-state index contributed by atoms with van der Waals surface area (Å²) in [6.07, 6.45) is 2.68. The third-order valence-electron chi connectivity index (χ3n) is 3.21. The highest BCUT2D eigenvalue weighted by molar-refractivity contribution is 5.70. The van der Waals surface area contributed by atoms with Gasteiger partial charge in [0.1, 0.15) is 5.69 Å². The number of rotatable bonds is 5. The second-order valence-corrected chi connectivity index (χ2v) is 4.70. The third-order valence-corrected chi connectivity index (χ3v) is 3.21. The average Bonchev–Trinajstić information content (AvgIpc) is 2.45.